The highest BCUT2D eigenvalue weighted by Crippen LogP contribution is 2.34. The zero-order chi connectivity index (χ0) is 27.4. The van der Waals surface area contributed by atoms with Crippen molar-refractivity contribution in [2.45, 2.75) is 72.6 Å². The quantitative estimate of drug-likeness (QED) is 0.176. The lowest BCUT2D eigenvalue weighted by molar-refractivity contribution is 0.775. The molecular weight excluding hydrogens is 476 g/mol. The first-order valence-electron chi connectivity index (χ1n) is 12.8. The molecule has 4 nitrogen and oxygen atoms in total. The van der Waals surface area contributed by atoms with E-state index in [1.165, 1.54) is 52.2 Å². The third kappa shape index (κ3) is 8.78. The van der Waals surface area contributed by atoms with Gasteiger partial charge < -0.3 is 4.98 Å². The van der Waals surface area contributed by atoms with Gasteiger partial charge in [0.1, 0.15) is 11.8 Å². The van der Waals surface area contributed by atoms with Gasteiger partial charge >= 0.3 is 0 Å². The van der Waals surface area contributed by atoms with E-state index in [4.69, 9.17) is 22.1 Å². The number of fused-ring (bicyclic) bond motifs is 1. The molecule has 0 saturated heterocycles. The Kier molecular flexibility index (Phi) is 11.9. The van der Waals surface area contributed by atoms with Gasteiger partial charge in [-0.25, -0.2) is 4.99 Å². The summed E-state index contributed by atoms with van der Waals surface area (Å²) < 4.78 is 0. The zero-order valence-electron chi connectivity index (χ0n) is 22.7. The molecule has 1 atom stereocenters. The summed E-state index contributed by atoms with van der Waals surface area (Å²) in [5.41, 5.74) is 7.98. The standard InChI is InChI=1S/C21H24ClN.C11H13N3/c1-4-5-6-18-19-13-17(22)11-12-20(19)23-21(18)15(3)16-9-7-14(2)8-10-16;1-4-5-10(3)14-11(8-13)6-9(2)7-12/h7-13,15,23H,4-6H2,1-3H3;6H,2,4-5H2,1,3H3/b;11-6-,14-10?/t15-;/m0./s1. The average Bonchev–Trinajstić information content (AvgIpc) is 3.24. The van der Waals surface area contributed by atoms with Gasteiger partial charge in [0.15, 0.2) is 0 Å². The topological polar surface area (TPSA) is 75.7 Å². The number of benzene rings is 2. The van der Waals surface area contributed by atoms with Crippen molar-refractivity contribution in [3.05, 3.63) is 93.8 Å². The highest BCUT2D eigenvalue weighted by atomic mass is 35.5. The molecular formula is C32H37ClN4. The first-order valence-corrected chi connectivity index (χ1v) is 13.2. The Morgan fingerprint density at radius 1 is 1.11 bits per heavy atom. The molecule has 0 saturated carbocycles. The van der Waals surface area contributed by atoms with Crippen LogP contribution in [0.3, 0.4) is 0 Å². The Morgan fingerprint density at radius 2 is 1.81 bits per heavy atom. The van der Waals surface area contributed by atoms with Crippen molar-refractivity contribution in [3.63, 3.8) is 0 Å². The number of nitrogens with zero attached hydrogens (tertiary/aromatic N) is 3. The van der Waals surface area contributed by atoms with Crippen LogP contribution in [0.4, 0.5) is 0 Å². The highest BCUT2D eigenvalue weighted by Gasteiger charge is 2.18. The fourth-order valence-electron chi connectivity index (χ4n) is 4.17. The van der Waals surface area contributed by atoms with Gasteiger partial charge in [0.2, 0.25) is 0 Å². The van der Waals surface area contributed by atoms with Gasteiger partial charge in [-0.05, 0) is 68.5 Å². The van der Waals surface area contributed by atoms with E-state index in [0.29, 0.717) is 5.92 Å². The van der Waals surface area contributed by atoms with Gasteiger partial charge in [0, 0.05) is 38.8 Å². The Bertz CT molecular complexity index is 1340. The fourth-order valence-corrected chi connectivity index (χ4v) is 4.34. The summed E-state index contributed by atoms with van der Waals surface area (Å²) in [6, 6.07) is 18.8. The number of allylic oxidation sites excluding steroid dienone is 3. The van der Waals surface area contributed by atoms with Crippen molar-refractivity contribution in [2.24, 2.45) is 4.99 Å². The molecule has 0 aliphatic heterocycles. The zero-order valence-corrected chi connectivity index (χ0v) is 23.4. The molecule has 37 heavy (non-hydrogen) atoms. The van der Waals surface area contributed by atoms with Crippen molar-refractivity contribution >= 4 is 28.2 Å². The predicted octanol–water partition coefficient (Wildman–Crippen LogP) is 9.36. The summed E-state index contributed by atoms with van der Waals surface area (Å²) in [5, 5.41) is 19.3. The number of unbranched alkanes of at least 4 members (excludes halogenated alkanes) is 1. The maximum Gasteiger partial charge on any atom is 0.141 e. The van der Waals surface area contributed by atoms with E-state index < -0.39 is 0 Å². The Labute approximate surface area is 227 Å². The molecule has 0 bridgehead atoms. The minimum atomic E-state index is 0.238. The monoisotopic (exact) mass is 512 g/mol. The molecule has 0 radical (unpaired) electrons. The average molecular weight is 513 g/mol. The number of hydrogen-bond donors (Lipinski definition) is 1. The predicted molar refractivity (Wildman–Crippen MR) is 157 cm³/mol. The van der Waals surface area contributed by atoms with Crippen molar-refractivity contribution in [1.29, 1.82) is 10.5 Å². The molecule has 3 aromatic rings. The number of hydrogen-bond acceptors (Lipinski definition) is 3. The minimum absolute atomic E-state index is 0.238. The molecule has 3 rings (SSSR count). The van der Waals surface area contributed by atoms with Crippen LogP contribution in [0.25, 0.3) is 10.9 Å². The van der Waals surface area contributed by atoms with Crippen LogP contribution in [-0.4, -0.2) is 10.7 Å². The number of aliphatic imine (C=N–C) groups is 1. The van der Waals surface area contributed by atoms with E-state index in [9.17, 15) is 0 Å². The molecule has 1 aromatic heterocycles. The molecule has 192 valence electrons. The van der Waals surface area contributed by atoms with E-state index in [1.54, 1.807) is 0 Å². The lowest BCUT2D eigenvalue weighted by atomic mass is 9.92. The SMILES string of the molecule is C=C(C#N)/C=C(/C#N)N=C(C)CCC.CCCCc1c([C@@H](C)c2ccc(C)cc2)[nH]c2ccc(Cl)cc12. The first-order chi connectivity index (χ1) is 17.7. The van der Waals surface area contributed by atoms with Crippen molar-refractivity contribution in [3.8, 4) is 12.1 Å². The molecule has 0 fully saturated rings. The molecule has 0 amide bonds. The van der Waals surface area contributed by atoms with Crippen molar-refractivity contribution in [2.75, 3.05) is 0 Å². The molecule has 0 spiro atoms. The molecule has 1 N–H and O–H groups in total. The highest BCUT2D eigenvalue weighted by molar-refractivity contribution is 6.31. The van der Waals surface area contributed by atoms with Crippen molar-refractivity contribution in [1.82, 2.24) is 4.98 Å². The number of aryl methyl sites for hydroxylation is 2. The smallest absolute Gasteiger partial charge is 0.141 e. The number of nitrogens with one attached hydrogen (secondary N) is 1. The van der Waals surface area contributed by atoms with E-state index in [0.717, 1.165) is 30.0 Å². The number of rotatable bonds is 9. The second-order valence-corrected chi connectivity index (χ2v) is 9.75. The number of aromatic amines is 1. The van der Waals surface area contributed by atoms with Crippen LogP contribution in [0, 0.1) is 29.6 Å². The van der Waals surface area contributed by atoms with Crippen LogP contribution in [0.2, 0.25) is 5.02 Å². The third-order valence-electron chi connectivity index (χ3n) is 6.18. The molecule has 0 aliphatic carbocycles. The summed E-state index contributed by atoms with van der Waals surface area (Å²) in [6.07, 6.45) is 6.74. The maximum atomic E-state index is 8.71. The van der Waals surface area contributed by atoms with E-state index >= 15 is 0 Å². The van der Waals surface area contributed by atoms with Crippen LogP contribution in [-0.2, 0) is 6.42 Å². The second-order valence-electron chi connectivity index (χ2n) is 9.32. The summed E-state index contributed by atoms with van der Waals surface area (Å²) >= 11 is 6.23. The largest absolute Gasteiger partial charge is 0.358 e. The van der Waals surface area contributed by atoms with Gasteiger partial charge in [-0.15, -0.1) is 0 Å². The summed E-state index contributed by atoms with van der Waals surface area (Å²) in [7, 11) is 0. The normalized spacial score (nSPS) is 12.3. The Morgan fingerprint density at radius 3 is 2.41 bits per heavy atom. The molecule has 2 aromatic carbocycles. The summed E-state index contributed by atoms with van der Waals surface area (Å²) in [4.78, 5) is 7.73. The number of nitriles is 2. The number of H-pyrrole nitrogens is 1. The fraction of sp³-hybridized carbons (Fsp3) is 0.344. The van der Waals surface area contributed by atoms with Gasteiger partial charge in [-0.2, -0.15) is 10.5 Å². The molecule has 1 heterocycles. The third-order valence-corrected chi connectivity index (χ3v) is 6.42. The van der Waals surface area contributed by atoms with Gasteiger partial charge in [0.05, 0.1) is 6.07 Å². The molecule has 5 heteroatoms. The maximum absolute atomic E-state index is 8.71. The van der Waals surface area contributed by atoms with E-state index in [1.807, 2.05) is 32.1 Å². The summed E-state index contributed by atoms with van der Waals surface area (Å²) in [5.74, 6) is 0.355. The molecule has 0 unspecified atom stereocenters. The van der Waals surface area contributed by atoms with Crippen LogP contribution < -0.4 is 0 Å². The van der Waals surface area contributed by atoms with E-state index in [2.05, 4.69) is 73.7 Å². The second kappa shape index (κ2) is 14.8. The van der Waals surface area contributed by atoms with Crippen molar-refractivity contribution < 1.29 is 0 Å². The van der Waals surface area contributed by atoms with Crippen LogP contribution in [0.15, 0.2) is 71.4 Å². The minimum Gasteiger partial charge on any atom is -0.358 e. The Hall–Kier alpha value is -3.60. The summed E-state index contributed by atoms with van der Waals surface area (Å²) in [6.45, 7) is 14.0. The van der Waals surface area contributed by atoms with Gasteiger partial charge in [0.25, 0.3) is 0 Å². The van der Waals surface area contributed by atoms with E-state index in [-0.39, 0.29) is 11.3 Å². The van der Waals surface area contributed by atoms with Gasteiger partial charge in [-0.1, -0.05) is 81.6 Å². The van der Waals surface area contributed by atoms with Crippen LogP contribution in [0.1, 0.15) is 81.7 Å². The lowest BCUT2D eigenvalue weighted by Gasteiger charge is -2.14. The Balaban J connectivity index is 0.000000298. The number of aromatic nitrogens is 1. The lowest BCUT2D eigenvalue weighted by Crippen LogP contribution is -2.01. The number of halogens is 1. The van der Waals surface area contributed by atoms with Crippen LogP contribution >= 0.6 is 11.6 Å². The van der Waals surface area contributed by atoms with Gasteiger partial charge in [-0.3, -0.25) is 0 Å². The molecule has 0 aliphatic rings. The first kappa shape index (κ1) is 29.6. The van der Waals surface area contributed by atoms with Crippen LogP contribution in [0.5, 0.6) is 0 Å².